The van der Waals surface area contributed by atoms with Gasteiger partial charge in [0.2, 0.25) is 0 Å². The van der Waals surface area contributed by atoms with Crippen molar-refractivity contribution in [3.63, 3.8) is 0 Å². The van der Waals surface area contributed by atoms with Crippen LogP contribution in [0.1, 0.15) is 35.7 Å². The molecule has 96 valence electrons. The topological polar surface area (TPSA) is 71.5 Å². The molecule has 0 spiro atoms. The number of aryl methyl sites for hydroxylation is 1. The number of hydrogen-bond acceptors (Lipinski definition) is 4. The van der Waals surface area contributed by atoms with Gasteiger partial charge in [0.15, 0.2) is 5.76 Å². The highest BCUT2D eigenvalue weighted by Crippen LogP contribution is 2.16. The molecule has 0 aromatic carbocycles. The van der Waals surface area contributed by atoms with E-state index >= 15 is 0 Å². The van der Waals surface area contributed by atoms with Crippen LogP contribution in [0.2, 0.25) is 0 Å². The largest absolute Gasteiger partial charge is 0.456 e. The standard InChI is InChI=1S/C12H21N3O2/c1-8(2)6-15(4)7-10-5-11(12(16)14-13)17-9(10)3/h5,8H,6-7,13H2,1-4H3,(H,14,16). The molecule has 0 bridgehead atoms. The van der Waals surface area contributed by atoms with Crippen molar-refractivity contribution in [3.8, 4) is 0 Å². The summed E-state index contributed by atoms with van der Waals surface area (Å²) < 4.78 is 5.35. The molecule has 0 atom stereocenters. The number of hydrogen-bond donors (Lipinski definition) is 2. The summed E-state index contributed by atoms with van der Waals surface area (Å²) in [4.78, 5) is 13.5. The van der Waals surface area contributed by atoms with Crippen molar-refractivity contribution in [2.24, 2.45) is 11.8 Å². The summed E-state index contributed by atoms with van der Waals surface area (Å²) >= 11 is 0. The lowest BCUT2D eigenvalue weighted by Crippen LogP contribution is -2.29. The molecule has 5 heteroatoms. The molecule has 1 rings (SSSR count). The third kappa shape index (κ3) is 3.87. The normalized spacial score (nSPS) is 11.2. The third-order valence-corrected chi connectivity index (χ3v) is 2.49. The molecule has 17 heavy (non-hydrogen) atoms. The van der Waals surface area contributed by atoms with E-state index in [0.717, 1.165) is 24.4 Å². The Bertz CT molecular complexity index is 385. The number of hydrazine groups is 1. The van der Waals surface area contributed by atoms with Gasteiger partial charge in [-0.1, -0.05) is 13.8 Å². The second kappa shape index (κ2) is 5.84. The highest BCUT2D eigenvalue weighted by Gasteiger charge is 2.14. The van der Waals surface area contributed by atoms with Gasteiger partial charge in [-0.3, -0.25) is 10.2 Å². The van der Waals surface area contributed by atoms with Crippen LogP contribution in [0, 0.1) is 12.8 Å². The van der Waals surface area contributed by atoms with E-state index in [0.29, 0.717) is 5.92 Å². The number of nitrogens with zero attached hydrogens (tertiary/aromatic N) is 1. The van der Waals surface area contributed by atoms with Crippen molar-refractivity contribution in [3.05, 3.63) is 23.2 Å². The van der Waals surface area contributed by atoms with Crippen LogP contribution in [0.25, 0.3) is 0 Å². The number of amides is 1. The van der Waals surface area contributed by atoms with Gasteiger partial charge in [0.25, 0.3) is 0 Å². The van der Waals surface area contributed by atoms with E-state index in [4.69, 9.17) is 10.3 Å². The summed E-state index contributed by atoms with van der Waals surface area (Å²) in [5.41, 5.74) is 3.08. The number of carbonyl (C=O) groups is 1. The van der Waals surface area contributed by atoms with Crippen LogP contribution in [0.5, 0.6) is 0 Å². The van der Waals surface area contributed by atoms with Gasteiger partial charge in [-0.2, -0.15) is 0 Å². The molecule has 0 aliphatic rings. The lowest BCUT2D eigenvalue weighted by atomic mass is 10.2. The molecule has 0 fully saturated rings. The minimum Gasteiger partial charge on any atom is -0.456 e. The van der Waals surface area contributed by atoms with E-state index < -0.39 is 5.91 Å². The molecule has 1 amide bonds. The van der Waals surface area contributed by atoms with Gasteiger partial charge in [-0.05, 0) is 26.0 Å². The molecule has 3 N–H and O–H groups in total. The van der Waals surface area contributed by atoms with Crippen molar-refractivity contribution in [2.75, 3.05) is 13.6 Å². The molecular formula is C12H21N3O2. The van der Waals surface area contributed by atoms with Crippen molar-refractivity contribution in [2.45, 2.75) is 27.3 Å². The average Bonchev–Trinajstić information content (AvgIpc) is 2.58. The van der Waals surface area contributed by atoms with Crippen LogP contribution in [-0.4, -0.2) is 24.4 Å². The van der Waals surface area contributed by atoms with Gasteiger partial charge in [0.1, 0.15) is 5.76 Å². The van der Waals surface area contributed by atoms with Gasteiger partial charge in [0.05, 0.1) is 0 Å². The molecule has 1 aromatic heterocycles. The molecule has 1 heterocycles. The minimum absolute atomic E-state index is 0.262. The monoisotopic (exact) mass is 239 g/mol. The Morgan fingerprint density at radius 2 is 2.24 bits per heavy atom. The predicted octanol–water partition coefficient (Wildman–Crippen LogP) is 1.28. The summed E-state index contributed by atoms with van der Waals surface area (Å²) in [7, 11) is 2.05. The maximum atomic E-state index is 11.3. The van der Waals surface area contributed by atoms with Crippen molar-refractivity contribution < 1.29 is 9.21 Å². The van der Waals surface area contributed by atoms with Crippen molar-refractivity contribution >= 4 is 5.91 Å². The van der Waals surface area contributed by atoms with E-state index in [1.165, 1.54) is 0 Å². The van der Waals surface area contributed by atoms with E-state index in [1.807, 2.05) is 6.92 Å². The van der Waals surface area contributed by atoms with Crippen LogP contribution in [0.15, 0.2) is 10.5 Å². The molecule has 0 unspecified atom stereocenters. The Balaban J connectivity index is 2.71. The number of nitrogen functional groups attached to an aromatic ring is 1. The Labute approximate surface area is 102 Å². The molecule has 5 nitrogen and oxygen atoms in total. The first-order valence-corrected chi connectivity index (χ1v) is 5.72. The first kappa shape index (κ1) is 13.7. The minimum atomic E-state index is -0.397. The molecule has 0 saturated carbocycles. The lowest BCUT2D eigenvalue weighted by Gasteiger charge is -2.18. The summed E-state index contributed by atoms with van der Waals surface area (Å²) in [5.74, 6) is 6.30. The van der Waals surface area contributed by atoms with Crippen molar-refractivity contribution in [1.29, 1.82) is 0 Å². The predicted molar refractivity (Wildman–Crippen MR) is 66.3 cm³/mol. The molecule has 0 radical (unpaired) electrons. The fraction of sp³-hybridized carbons (Fsp3) is 0.583. The fourth-order valence-electron chi connectivity index (χ4n) is 1.84. The van der Waals surface area contributed by atoms with Crippen molar-refractivity contribution in [1.82, 2.24) is 10.3 Å². The van der Waals surface area contributed by atoms with E-state index in [1.54, 1.807) is 6.07 Å². The van der Waals surface area contributed by atoms with Crippen LogP contribution in [-0.2, 0) is 6.54 Å². The number of furan rings is 1. The van der Waals surface area contributed by atoms with Crippen LogP contribution >= 0.6 is 0 Å². The number of carbonyl (C=O) groups excluding carboxylic acids is 1. The summed E-state index contributed by atoms with van der Waals surface area (Å²) in [6, 6.07) is 1.74. The summed E-state index contributed by atoms with van der Waals surface area (Å²) in [6.07, 6.45) is 0. The first-order chi connectivity index (χ1) is 7.93. The van der Waals surface area contributed by atoms with Gasteiger partial charge in [-0.25, -0.2) is 5.84 Å². The maximum absolute atomic E-state index is 11.3. The summed E-state index contributed by atoms with van der Waals surface area (Å²) in [6.45, 7) is 7.97. The smallest absolute Gasteiger partial charge is 0.300 e. The molecule has 0 aliphatic carbocycles. The van der Waals surface area contributed by atoms with Crippen LogP contribution in [0.4, 0.5) is 0 Å². The molecule has 0 saturated heterocycles. The zero-order valence-electron chi connectivity index (χ0n) is 10.9. The quantitative estimate of drug-likeness (QED) is 0.461. The van der Waals surface area contributed by atoms with Crippen LogP contribution < -0.4 is 11.3 Å². The molecule has 1 aromatic rings. The Morgan fingerprint density at radius 3 is 2.76 bits per heavy atom. The first-order valence-electron chi connectivity index (χ1n) is 5.72. The zero-order chi connectivity index (χ0) is 13.0. The fourth-order valence-corrected chi connectivity index (χ4v) is 1.84. The van der Waals surface area contributed by atoms with E-state index in [2.05, 4.69) is 31.2 Å². The van der Waals surface area contributed by atoms with Gasteiger partial charge in [-0.15, -0.1) is 0 Å². The van der Waals surface area contributed by atoms with Gasteiger partial charge >= 0.3 is 5.91 Å². The highest BCUT2D eigenvalue weighted by molar-refractivity contribution is 5.91. The second-order valence-corrected chi connectivity index (χ2v) is 4.76. The van der Waals surface area contributed by atoms with Gasteiger partial charge in [0, 0.05) is 18.7 Å². The third-order valence-electron chi connectivity index (χ3n) is 2.49. The molecular weight excluding hydrogens is 218 g/mol. The zero-order valence-corrected chi connectivity index (χ0v) is 10.9. The highest BCUT2D eigenvalue weighted by atomic mass is 16.4. The Morgan fingerprint density at radius 1 is 1.59 bits per heavy atom. The lowest BCUT2D eigenvalue weighted by molar-refractivity contribution is 0.0924. The summed E-state index contributed by atoms with van der Waals surface area (Å²) in [5, 5.41) is 0. The second-order valence-electron chi connectivity index (χ2n) is 4.76. The maximum Gasteiger partial charge on any atom is 0.300 e. The Kier molecular flexibility index (Phi) is 4.72. The number of nitrogens with one attached hydrogen (secondary N) is 1. The van der Waals surface area contributed by atoms with E-state index in [9.17, 15) is 4.79 Å². The Hall–Kier alpha value is -1.33. The SMILES string of the molecule is Cc1oc(C(=O)NN)cc1CN(C)CC(C)C. The average molecular weight is 239 g/mol. The van der Waals surface area contributed by atoms with Gasteiger partial charge < -0.3 is 9.32 Å². The molecule has 0 aliphatic heterocycles. The number of nitrogens with two attached hydrogens (primary N) is 1. The van der Waals surface area contributed by atoms with E-state index in [-0.39, 0.29) is 5.76 Å². The number of rotatable bonds is 5. The van der Waals surface area contributed by atoms with Crippen LogP contribution in [0.3, 0.4) is 0 Å².